The summed E-state index contributed by atoms with van der Waals surface area (Å²) < 4.78 is 0. The summed E-state index contributed by atoms with van der Waals surface area (Å²) in [6.07, 6.45) is 8.06. The maximum Gasteiger partial charge on any atom is 0.0693 e. The number of hydrogen-bond acceptors (Lipinski definition) is 3. The van der Waals surface area contributed by atoms with Crippen LogP contribution in [0.4, 0.5) is 5.69 Å². The van der Waals surface area contributed by atoms with Gasteiger partial charge in [0.1, 0.15) is 0 Å². The Morgan fingerprint density at radius 1 is 0.905 bits per heavy atom. The fraction of sp³-hybridized carbons (Fsp3) is 0.667. The summed E-state index contributed by atoms with van der Waals surface area (Å²) in [6, 6.07) is 11.6. The smallest absolute Gasteiger partial charge is 0.0693 e. The highest BCUT2D eigenvalue weighted by molar-refractivity contribution is 5.46. The number of nitrogens with zero attached hydrogens (tertiary/aromatic N) is 1. The summed E-state index contributed by atoms with van der Waals surface area (Å²) in [5, 5.41) is 14.0. The lowest BCUT2D eigenvalue weighted by molar-refractivity contribution is 0.111. The molecule has 0 amide bonds. The van der Waals surface area contributed by atoms with Gasteiger partial charge in [0.05, 0.1) is 6.10 Å². The van der Waals surface area contributed by atoms with Crippen LogP contribution in [0.25, 0.3) is 0 Å². The van der Waals surface area contributed by atoms with Crippen LogP contribution in [0.2, 0.25) is 0 Å². The van der Waals surface area contributed by atoms with E-state index in [0.29, 0.717) is 12.1 Å². The summed E-state index contributed by atoms with van der Waals surface area (Å²) in [7, 11) is 0. The van der Waals surface area contributed by atoms with Crippen molar-refractivity contribution < 1.29 is 5.11 Å². The molecule has 2 atom stereocenters. The molecule has 1 heterocycles. The van der Waals surface area contributed by atoms with Crippen LogP contribution >= 0.6 is 0 Å². The molecule has 21 heavy (non-hydrogen) atoms. The van der Waals surface area contributed by atoms with Gasteiger partial charge in [0.15, 0.2) is 0 Å². The van der Waals surface area contributed by atoms with Crippen LogP contribution in [-0.4, -0.2) is 36.4 Å². The van der Waals surface area contributed by atoms with Crippen LogP contribution < -0.4 is 10.2 Å². The van der Waals surface area contributed by atoms with Gasteiger partial charge in [-0.1, -0.05) is 37.5 Å². The van der Waals surface area contributed by atoms with Crippen molar-refractivity contribution in [3.8, 4) is 0 Å². The van der Waals surface area contributed by atoms with Gasteiger partial charge in [0.2, 0.25) is 0 Å². The van der Waals surface area contributed by atoms with Crippen molar-refractivity contribution in [2.75, 3.05) is 18.0 Å². The lowest BCUT2D eigenvalue weighted by Crippen LogP contribution is -2.49. The highest BCUT2D eigenvalue weighted by Gasteiger charge is 2.26. The molecule has 1 aromatic carbocycles. The molecule has 0 aromatic heterocycles. The minimum atomic E-state index is -0.139. The summed E-state index contributed by atoms with van der Waals surface area (Å²) in [5.74, 6) is 0. The molecular formula is C18H28N2O. The van der Waals surface area contributed by atoms with Crippen molar-refractivity contribution in [3.63, 3.8) is 0 Å². The molecule has 0 radical (unpaired) electrons. The third kappa shape index (κ3) is 3.98. The van der Waals surface area contributed by atoms with E-state index in [0.717, 1.165) is 25.9 Å². The van der Waals surface area contributed by atoms with E-state index in [2.05, 4.69) is 40.5 Å². The molecule has 1 saturated heterocycles. The number of rotatable bonds is 3. The third-order valence-corrected chi connectivity index (χ3v) is 5.05. The van der Waals surface area contributed by atoms with E-state index in [1.54, 1.807) is 0 Å². The van der Waals surface area contributed by atoms with E-state index in [9.17, 15) is 5.11 Å². The first-order chi connectivity index (χ1) is 10.3. The number of hydrogen-bond donors (Lipinski definition) is 2. The lowest BCUT2D eigenvalue weighted by atomic mass is 9.99. The highest BCUT2D eigenvalue weighted by Crippen LogP contribution is 2.22. The zero-order valence-electron chi connectivity index (χ0n) is 12.9. The molecule has 1 aromatic rings. The second-order valence-electron chi connectivity index (χ2n) is 6.58. The van der Waals surface area contributed by atoms with Crippen molar-refractivity contribution in [1.82, 2.24) is 5.32 Å². The van der Waals surface area contributed by atoms with E-state index in [1.807, 2.05) is 0 Å². The van der Waals surface area contributed by atoms with E-state index in [-0.39, 0.29) is 6.10 Å². The van der Waals surface area contributed by atoms with E-state index < -0.39 is 0 Å². The molecule has 1 aliphatic carbocycles. The molecular weight excluding hydrogens is 260 g/mol. The standard InChI is InChI=1S/C18H28N2O/c21-18-10-6-2-5-9-17(18)19-15-11-13-20(14-12-15)16-7-3-1-4-8-16/h1,3-4,7-8,15,17-19,21H,2,5-6,9-14H2. The van der Waals surface area contributed by atoms with E-state index >= 15 is 0 Å². The Labute approximate surface area is 128 Å². The Hall–Kier alpha value is -1.06. The number of aliphatic hydroxyl groups is 1. The summed E-state index contributed by atoms with van der Waals surface area (Å²) >= 11 is 0. The molecule has 2 N–H and O–H groups in total. The Balaban J connectivity index is 1.49. The summed E-state index contributed by atoms with van der Waals surface area (Å²) in [4.78, 5) is 2.47. The fourth-order valence-electron chi connectivity index (χ4n) is 3.73. The van der Waals surface area contributed by atoms with Gasteiger partial charge in [-0.3, -0.25) is 0 Å². The molecule has 3 rings (SSSR count). The van der Waals surface area contributed by atoms with Gasteiger partial charge in [-0.2, -0.15) is 0 Å². The van der Waals surface area contributed by atoms with Crippen molar-refractivity contribution in [1.29, 1.82) is 0 Å². The number of aliphatic hydroxyl groups excluding tert-OH is 1. The Bertz CT molecular complexity index is 414. The molecule has 116 valence electrons. The minimum absolute atomic E-state index is 0.139. The molecule has 0 bridgehead atoms. The molecule has 2 aliphatic rings. The van der Waals surface area contributed by atoms with Crippen molar-refractivity contribution in [2.24, 2.45) is 0 Å². The van der Waals surface area contributed by atoms with E-state index in [4.69, 9.17) is 0 Å². The average molecular weight is 288 g/mol. The zero-order chi connectivity index (χ0) is 14.5. The minimum Gasteiger partial charge on any atom is -0.392 e. The molecule has 1 aliphatic heterocycles. The van der Waals surface area contributed by atoms with Gasteiger partial charge < -0.3 is 15.3 Å². The van der Waals surface area contributed by atoms with Crippen molar-refractivity contribution >= 4 is 5.69 Å². The second-order valence-corrected chi connectivity index (χ2v) is 6.58. The largest absolute Gasteiger partial charge is 0.392 e. The predicted molar refractivity (Wildman–Crippen MR) is 87.7 cm³/mol. The first-order valence-corrected chi connectivity index (χ1v) is 8.57. The molecule has 0 spiro atoms. The van der Waals surface area contributed by atoms with Crippen LogP contribution in [0.1, 0.15) is 44.9 Å². The first-order valence-electron chi connectivity index (χ1n) is 8.57. The van der Waals surface area contributed by atoms with Crippen LogP contribution in [-0.2, 0) is 0 Å². The van der Waals surface area contributed by atoms with Crippen molar-refractivity contribution in [3.05, 3.63) is 30.3 Å². The van der Waals surface area contributed by atoms with Gasteiger partial charge in [0, 0.05) is 30.9 Å². The van der Waals surface area contributed by atoms with Crippen LogP contribution in [0.15, 0.2) is 30.3 Å². The highest BCUT2D eigenvalue weighted by atomic mass is 16.3. The topological polar surface area (TPSA) is 35.5 Å². The zero-order valence-corrected chi connectivity index (χ0v) is 12.9. The third-order valence-electron chi connectivity index (χ3n) is 5.05. The monoisotopic (exact) mass is 288 g/mol. The second kappa shape index (κ2) is 7.28. The van der Waals surface area contributed by atoms with Gasteiger partial charge in [-0.15, -0.1) is 0 Å². The van der Waals surface area contributed by atoms with Crippen molar-refractivity contribution in [2.45, 2.75) is 63.1 Å². The Morgan fingerprint density at radius 3 is 2.38 bits per heavy atom. The predicted octanol–water partition coefficient (Wildman–Crippen LogP) is 2.94. The summed E-state index contributed by atoms with van der Waals surface area (Å²) in [5.41, 5.74) is 1.34. The Kier molecular flexibility index (Phi) is 5.15. The lowest BCUT2D eigenvalue weighted by Gasteiger charge is -2.36. The number of piperidine rings is 1. The molecule has 3 nitrogen and oxygen atoms in total. The fourth-order valence-corrected chi connectivity index (χ4v) is 3.73. The van der Waals surface area contributed by atoms with E-state index in [1.165, 1.54) is 37.8 Å². The van der Waals surface area contributed by atoms with Crippen LogP contribution in [0.5, 0.6) is 0 Å². The SMILES string of the molecule is OC1CCCCCC1NC1CCN(c2ccccc2)CC1. The number of anilines is 1. The number of para-hydroxylation sites is 1. The van der Waals surface area contributed by atoms with Gasteiger partial charge in [0.25, 0.3) is 0 Å². The van der Waals surface area contributed by atoms with Crippen LogP contribution in [0.3, 0.4) is 0 Å². The molecule has 3 heteroatoms. The summed E-state index contributed by atoms with van der Waals surface area (Å²) in [6.45, 7) is 2.23. The maximum absolute atomic E-state index is 10.2. The van der Waals surface area contributed by atoms with Crippen LogP contribution in [0, 0.1) is 0 Å². The Morgan fingerprint density at radius 2 is 1.62 bits per heavy atom. The van der Waals surface area contributed by atoms with Gasteiger partial charge in [-0.05, 0) is 37.8 Å². The molecule has 2 unspecified atom stereocenters. The van der Waals surface area contributed by atoms with Gasteiger partial charge >= 0.3 is 0 Å². The maximum atomic E-state index is 10.2. The average Bonchev–Trinajstić information content (AvgIpc) is 2.74. The molecule has 2 fully saturated rings. The quantitative estimate of drug-likeness (QED) is 0.840. The first kappa shape index (κ1) is 14.9. The number of benzene rings is 1. The number of nitrogens with one attached hydrogen (secondary N) is 1. The van der Waals surface area contributed by atoms with Gasteiger partial charge in [-0.25, -0.2) is 0 Å². The normalized spacial score (nSPS) is 28.3. The molecule has 1 saturated carbocycles.